The molecule has 4 heterocycles. The summed E-state index contributed by atoms with van der Waals surface area (Å²) in [6.07, 6.45) is 5.48. The second kappa shape index (κ2) is 12.5. The molecule has 11 nitrogen and oxygen atoms in total. The molecule has 14 heteroatoms. The van der Waals surface area contributed by atoms with Crippen LogP contribution in [0.25, 0.3) is 10.9 Å². The van der Waals surface area contributed by atoms with Crippen LogP contribution in [0.3, 0.4) is 0 Å². The number of nitrogens with zero attached hydrogens (tertiary/aromatic N) is 5. The molecule has 0 amide bonds. The van der Waals surface area contributed by atoms with Gasteiger partial charge in [0.15, 0.2) is 0 Å². The molecule has 42 heavy (non-hydrogen) atoms. The Hall–Kier alpha value is -2.13. The number of rotatable bonds is 8. The zero-order valence-electron chi connectivity index (χ0n) is 24.1. The molecule has 0 radical (unpaired) electrons. The summed E-state index contributed by atoms with van der Waals surface area (Å²) < 4.78 is 23.2. The predicted octanol–water partition coefficient (Wildman–Crippen LogP) is 2.77. The molecular formula is C28H37ClN6O5S2. The van der Waals surface area contributed by atoms with Crippen LogP contribution in [0.1, 0.15) is 40.5 Å². The van der Waals surface area contributed by atoms with Gasteiger partial charge in [-0.2, -0.15) is 0 Å². The van der Waals surface area contributed by atoms with Crippen LogP contribution in [0.4, 0.5) is 5.82 Å². The monoisotopic (exact) mass is 636 g/mol. The van der Waals surface area contributed by atoms with E-state index in [0.29, 0.717) is 22.0 Å². The average Bonchev–Trinajstić information content (AvgIpc) is 3.26. The van der Waals surface area contributed by atoms with Gasteiger partial charge in [0.1, 0.15) is 10.8 Å². The van der Waals surface area contributed by atoms with Crippen molar-refractivity contribution in [3.63, 3.8) is 0 Å². The smallest absolute Gasteiger partial charge is 0.262 e. The fourth-order valence-electron chi connectivity index (χ4n) is 5.45. The maximum absolute atomic E-state index is 13.0. The molecule has 4 atom stereocenters. The first-order valence-electron chi connectivity index (χ1n) is 13.9. The standard InChI is InChI=1S/C28H37ClN6O5S2/c1-17-25(33-42(39)27(2,3)4)28(15-40-17)7-9-34(10-8-28)21-11-31-22(12-30-21)41-20-6-5-19-23(24(20)29)26(38)35(16-32-19)13-18(37)14-36/h5-6,11-12,16-18,25,33,36-37H,7-10,13-15H2,1-4H3/t17-,18?,25+,42?/m0/s1. The Labute approximate surface area is 256 Å². The van der Waals surface area contributed by atoms with E-state index in [1.165, 1.54) is 22.7 Å². The van der Waals surface area contributed by atoms with Crippen molar-refractivity contribution < 1.29 is 19.2 Å². The first-order valence-corrected chi connectivity index (χ1v) is 16.3. The lowest BCUT2D eigenvalue weighted by atomic mass is 9.73. The van der Waals surface area contributed by atoms with Crippen molar-refractivity contribution in [1.29, 1.82) is 0 Å². The summed E-state index contributed by atoms with van der Waals surface area (Å²) in [5.41, 5.74) is -0.0258. The Morgan fingerprint density at radius 1 is 1.24 bits per heavy atom. The molecule has 2 aromatic heterocycles. The molecule has 0 saturated carbocycles. The van der Waals surface area contributed by atoms with Gasteiger partial charge in [0.25, 0.3) is 5.56 Å². The number of aliphatic hydroxyl groups is 2. The van der Waals surface area contributed by atoms with Crippen molar-refractivity contribution in [1.82, 2.24) is 24.2 Å². The average molecular weight is 637 g/mol. The lowest BCUT2D eigenvalue weighted by Crippen LogP contribution is -2.55. The number of piperidine rings is 1. The van der Waals surface area contributed by atoms with Crippen molar-refractivity contribution >= 4 is 51.1 Å². The SMILES string of the molecule is C[C@@H]1OCC2(CCN(c3cnc(Sc4ccc5ncn(CC(O)CO)c(=O)c5c4Cl)cn3)CC2)[C@@H]1NS(=O)C(C)(C)C. The molecule has 1 aromatic carbocycles. The van der Waals surface area contributed by atoms with E-state index < -0.39 is 29.3 Å². The number of anilines is 1. The summed E-state index contributed by atoms with van der Waals surface area (Å²) in [5.74, 6) is 0.781. The molecule has 1 spiro atoms. The van der Waals surface area contributed by atoms with E-state index in [-0.39, 0.29) is 39.3 Å². The number of nitrogens with one attached hydrogen (secondary N) is 1. The van der Waals surface area contributed by atoms with Crippen LogP contribution >= 0.6 is 23.4 Å². The highest BCUT2D eigenvalue weighted by atomic mass is 35.5. The number of halogens is 1. The molecule has 2 unspecified atom stereocenters. The number of aliphatic hydroxyl groups excluding tert-OH is 2. The van der Waals surface area contributed by atoms with Gasteiger partial charge in [-0.3, -0.25) is 9.36 Å². The summed E-state index contributed by atoms with van der Waals surface area (Å²) in [6, 6.07) is 3.53. The number of benzene rings is 1. The summed E-state index contributed by atoms with van der Waals surface area (Å²) in [6.45, 7) is 9.65. The quantitative estimate of drug-likeness (QED) is 0.338. The predicted molar refractivity (Wildman–Crippen MR) is 164 cm³/mol. The minimum Gasteiger partial charge on any atom is -0.394 e. The second-order valence-corrected chi connectivity index (χ2v) is 15.4. The van der Waals surface area contributed by atoms with Crippen LogP contribution in [0, 0.1) is 5.41 Å². The van der Waals surface area contributed by atoms with Crippen molar-refractivity contribution in [2.24, 2.45) is 5.41 Å². The molecule has 3 N–H and O–H groups in total. The molecule has 2 aliphatic rings. The Balaban J connectivity index is 1.27. The van der Waals surface area contributed by atoms with Gasteiger partial charge in [-0.15, -0.1) is 0 Å². The number of hydrogen-bond acceptors (Lipinski definition) is 10. The van der Waals surface area contributed by atoms with Gasteiger partial charge in [-0.05, 0) is 52.7 Å². The summed E-state index contributed by atoms with van der Waals surface area (Å²) in [5, 5.41) is 20.0. The number of fused-ring (bicyclic) bond motifs is 1. The van der Waals surface area contributed by atoms with Gasteiger partial charge >= 0.3 is 0 Å². The van der Waals surface area contributed by atoms with Gasteiger partial charge in [-0.1, -0.05) is 23.4 Å². The molecule has 2 fully saturated rings. The van der Waals surface area contributed by atoms with Crippen LogP contribution in [0.5, 0.6) is 0 Å². The first kappa shape index (κ1) is 31.3. The lowest BCUT2D eigenvalue weighted by Gasteiger charge is -2.43. The Bertz CT molecular complexity index is 1510. The maximum Gasteiger partial charge on any atom is 0.262 e. The minimum atomic E-state index is -1.17. The van der Waals surface area contributed by atoms with Crippen LogP contribution < -0.4 is 15.2 Å². The highest BCUT2D eigenvalue weighted by molar-refractivity contribution is 7.99. The molecule has 2 saturated heterocycles. The summed E-state index contributed by atoms with van der Waals surface area (Å²) in [4.78, 5) is 29.4. The van der Waals surface area contributed by atoms with Gasteiger partial charge in [0.2, 0.25) is 0 Å². The third kappa shape index (κ3) is 6.37. The van der Waals surface area contributed by atoms with E-state index in [9.17, 15) is 14.1 Å². The van der Waals surface area contributed by atoms with Crippen molar-refractivity contribution in [3.8, 4) is 0 Å². The van der Waals surface area contributed by atoms with E-state index in [4.69, 9.17) is 21.4 Å². The molecule has 3 aromatic rings. The van der Waals surface area contributed by atoms with Gasteiger partial charge in [0.05, 0.1) is 88.4 Å². The lowest BCUT2D eigenvalue weighted by molar-refractivity contribution is 0.0802. The molecular weight excluding hydrogens is 600 g/mol. The largest absolute Gasteiger partial charge is 0.394 e. The zero-order chi connectivity index (χ0) is 30.2. The van der Waals surface area contributed by atoms with Crippen LogP contribution in [0.2, 0.25) is 5.02 Å². The van der Waals surface area contributed by atoms with Crippen molar-refractivity contribution in [2.45, 2.75) is 80.0 Å². The van der Waals surface area contributed by atoms with E-state index in [1.54, 1.807) is 24.5 Å². The van der Waals surface area contributed by atoms with Crippen LogP contribution in [-0.2, 0) is 22.3 Å². The Morgan fingerprint density at radius 2 is 1.98 bits per heavy atom. The highest BCUT2D eigenvalue weighted by Gasteiger charge is 2.50. The van der Waals surface area contributed by atoms with Crippen molar-refractivity contribution in [3.05, 3.63) is 46.2 Å². The molecule has 2 aliphatic heterocycles. The van der Waals surface area contributed by atoms with Gasteiger partial charge in [0, 0.05) is 23.4 Å². The summed E-state index contributed by atoms with van der Waals surface area (Å²) >= 11 is 7.95. The number of ether oxygens (including phenoxy) is 1. The molecule has 228 valence electrons. The second-order valence-electron chi connectivity index (χ2n) is 12.0. The third-order valence-corrected chi connectivity index (χ3v) is 11.0. The fraction of sp³-hybridized carbons (Fsp3) is 0.571. The minimum absolute atomic E-state index is 0.00771. The van der Waals surface area contributed by atoms with Gasteiger partial charge < -0.3 is 19.8 Å². The topological polar surface area (TPSA) is 143 Å². The highest BCUT2D eigenvalue weighted by Crippen LogP contribution is 2.43. The fourth-order valence-corrected chi connectivity index (χ4v) is 7.59. The normalized spacial score (nSPS) is 22.1. The van der Waals surface area contributed by atoms with Gasteiger partial charge in [-0.25, -0.2) is 23.9 Å². The van der Waals surface area contributed by atoms with E-state index >= 15 is 0 Å². The Kier molecular flexibility index (Phi) is 9.29. The zero-order valence-corrected chi connectivity index (χ0v) is 26.5. The third-order valence-electron chi connectivity index (χ3n) is 7.98. The van der Waals surface area contributed by atoms with Crippen LogP contribution in [0.15, 0.2) is 45.6 Å². The van der Waals surface area contributed by atoms with E-state index in [2.05, 4.69) is 31.5 Å². The van der Waals surface area contributed by atoms with E-state index in [0.717, 1.165) is 31.7 Å². The molecule has 0 aliphatic carbocycles. The Morgan fingerprint density at radius 3 is 2.62 bits per heavy atom. The maximum atomic E-state index is 13.0. The van der Waals surface area contributed by atoms with Crippen LogP contribution in [-0.4, -0.2) is 83.2 Å². The summed E-state index contributed by atoms with van der Waals surface area (Å²) in [7, 11) is -1.17. The first-order chi connectivity index (χ1) is 19.9. The van der Waals surface area contributed by atoms with Crippen molar-refractivity contribution in [2.75, 3.05) is 31.2 Å². The van der Waals surface area contributed by atoms with E-state index in [1.807, 2.05) is 20.8 Å². The molecule has 5 rings (SSSR count). The number of hydrogen-bond donors (Lipinski definition) is 3. The molecule has 0 bridgehead atoms. The number of aromatic nitrogens is 4.